The van der Waals surface area contributed by atoms with Crippen LogP contribution in [0.3, 0.4) is 0 Å². The molecular weight excluding hydrogens is 180 g/mol. The van der Waals surface area contributed by atoms with E-state index >= 15 is 0 Å². The van der Waals surface area contributed by atoms with Crippen molar-refractivity contribution in [1.82, 2.24) is 0 Å². The van der Waals surface area contributed by atoms with Crippen LogP contribution in [0, 0.1) is 6.92 Å². The molecule has 0 fully saturated rings. The molecule has 0 amide bonds. The first kappa shape index (κ1) is 9.97. The normalized spacial score (nSPS) is 11.3. The van der Waals surface area contributed by atoms with Crippen molar-refractivity contribution in [2.75, 3.05) is 0 Å². The summed E-state index contributed by atoms with van der Waals surface area (Å²) < 4.78 is 0. The summed E-state index contributed by atoms with van der Waals surface area (Å²) in [6, 6.07) is 12.9. The van der Waals surface area contributed by atoms with E-state index in [9.17, 15) is 0 Å². The smallest absolute Gasteiger partial charge is 0.0109 e. The standard InChI is InChI=1S/C15H16/c1-3-4-8-14-12(2)10-11-13-7-5-6-9-15(13)14/h4-11H,3H2,1-2H3/b8-4-. The summed E-state index contributed by atoms with van der Waals surface area (Å²) in [5.74, 6) is 0. The summed E-state index contributed by atoms with van der Waals surface area (Å²) in [5.41, 5.74) is 2.70. The lowest BCUT2D eigenvalue weighted by Crippen LogP contribution is -1.83. The Balaban J connectivity index is 2.68. The quantitative estimate of drug-likeness (QED) is 0.660. The molecule has 0 aliphatic carbocycles. The third-order valence-electron chi connectivity index (χ3n) is 2.71. The van der Waals surface area contributed by atoms with E-state index in [0.29, 0.717) is 0 Å². The van der Waals surface area contributed by atoms with Crippen LogP contribution in [-0.2, 0) is 0 Å². The van der Waals surface area contributed by atoms with Gasteiger partial charge in [0.05, 0.1) is 0 Å². The number of hydrogen-bond acceptors (Lipinski definition) is 0. The number of hydrogen-bond donors (Lipinski definition) is 0. The van der Waals surface area contributed by atoms with Crippen LogP contribution in [0.25, 0.3) is 16.8 Å². The fraction of sp³-hybridized carbons (Fsp3) is 0.200. The van der Waals surface area contributed by atoms with Crippen LogP contribution in [0.15, 0.2) is 42.5 Å². The second-order valence-electron chi connectivity index (χ2n) is 3.83. The van der Waals surface area contributed by atoms with Crippen molar-refractivity contribution in [3.8, 4) is 0 Å². The van der Waals surface area contributed by atoms with E-state index in [1.807, 2.05) is 0 Å². The topological polar surface area (TPSA) is 0 Å². The van der Waals surface area contributed by atoms with E-state index in [2.05, 4.69) is 62.4 Å². The molecule has 0 saturated heterocycles. The van der Waals surface area contributed by atoms with Gasteiger partial charge in [-0.2, -0.15) is 0 Å². The lowest BCUT2D eigenvalue weighted by Gasteiger charge is -2.05. The van der Waals surface area contributed by atoms with E-state index in [0.717, 1.165) is 6.42 Å². The summed E-state index contributed by atoms with van der Waals surface area (Å²) in [7, 11) is 0. The van der Waals surface area contributed by atoms with E-state index in [-0.39, 0.29) is 0 Å². The van der Waals surface area contributed by atoms with E-state index in [1.165, 1.54) is 21.9 Å². The maximum atomic E-state index is 2.23. The third-order valence-corrected chi connectivity index (χ3v) is 2.71. The third kappa shape index (κ3) is 1.94. The van der Waals surface area contributed by atoms with Gasteiger partial charge in [0.25, 0.3) is 0 Å². The molecule has 0 spiro atoms. The molecule has 0 atom stereocenters. The molecule has 0 aliphatic rings. The van der Waals surface area contributed by atoms with Crippen LogP contribution in [0.2, 0.25) is 0 Å². The minimum atomic E-state index is 1.09. The van der Waals surface area contributed by atoms with Gasteiger partial charge in [0.15, 0.2) is 0 Å². The molecule has 0 aliphatic heterocycles. The molecule has 2 rings (SSSR count). The lowest BCUT2D eigenvalue weighted by atomic mass is 9.99. The van der Waals surface area contributed by atoms with Gasteiger partial charge in [-0.1, -0.05) is 55.5 Å². The Labute approximate surface area is 91.2 Å². The summed E-state index contributed by atoms with van der Waals surface area (Å²) in [6.07, 6.45) is 5.54. The second-order valence-corrected chi connectivity index (χ2v) is 3.83. The van der Waals surface area contributed by atoms with Crippen molar-refractivity contribution in [2.45, 2.75) is 20.3 Å². The molecule has 0 saturated carbocycles. The molecule has 0 unspecified atom stereocenters. The maximum Gasteiger partial charge on any atom is -0.0109 e. The van der Waals surface area contributed by atoms with Crippen LogP contribution < -0.4 is 0 Å². The molecular formula is C15H16. The molecule has 76 valence electrons. The van der Waals surface area contributed by atoms with Gasteiger partial charge in [0.2, 0.25) is 0 Å². The molecule has 0 heteroatoms. The zero-order valence-corrected chi connectivity index (χ0v) is 9.33. The zero-order valence-electron chi connectivity index (χ0n) is 9.33. The lowest BCUT2D eigenvalue weighted by molar-refractivity contribution is 1.23. The zero-order chi connectivity index (χ0) is 10.7. The molecule has 2 aromatic rings. The summed E-state index contributed by atoms with van der Waals surface area (Å²) in [5, 5.41) is 2.67. The first-order valence-corrected chi connectivity index (χ1v) is 5.48. The molecule has 0 bridgehead atoms. The Kier molecular flexibility index (Phi) is 2.86. The van der Waals surface area contributed by atoms with Crippen molar-refractivity contribution in [1.29, 1.82) is 0 Å². The van der Waals surface area contributed by atoms with Crippen LogP contribution >= 0.6 is 0 Å². The minimum absolute atomic E-state index is 1.09. The molecule has 2 aromatic carbocycles. The Morgan fingerprint density at radius 3 is 2.67 bits per heavy atom. The first-order chi connectivity index (χ1) is 7.33. The summed E-state index contributed by atoms with van der Waals surface area (Å²) in [6.45, 7) is 4.33. The fourth-order valence-electron chi connectivity index (χ4n) is 1.86. The molecule has 0 heterocycles. The summed E-state index contributed by atoms with van der Waals surface area (Å²) >= 11 is 0. The molecule has 0 aromatic heterocycles. The van der Waals surface area contributed by atoms with E-state index < -0.39 is 0 Å². The highest BCUT2D eigenvalue weighted by molar-refractivity contribution is 5.91. The van der Waals surface area contributed by atoms with Crippen molar-refractivity contribution >= 4 is 16.8 Å². The largest absolute Gasteiger partial charge is 0.0842 e. The van der Waals surface area contributed by atoms with Crippen molar-refractivity contribution in [2.24, 2.45) is 0 Å². The number of allylic oxidation sites excluding steroid dienone is 1. The van der Waals surface area contributed by atoms with Gasteiger partial charge in [-0.25, -0.2) is 0 Å². The molecule has 15 heavy (non-hydrogen) atoms. The average molecular weight is 196 g/mol. The van der Waals surface area contributed by atoms with Gasteiger partial charge in [0.1, 0.15) is 0 Å². The highest BCUT2D eigenvalue weighted by Gasteiger charge is 2.00. The predicted molar refractivity (Wildman–Crippen MR) is 68.0 cm³/mol. The number of fused-ring (bicyclic) bond motifs is 1. The number of aryl methyl sites for hydroxylation is 1. The van der Waals surface area contributed by atoms with Gasteiger partial charge in [0, 0.05) is 0 Å². The Morgan fingerprint density at radius 2 is 1.87 bits per heavy atom. The SMILES string of the molecule is CC/C=C\c1c(C)ccc2ccccc12. The molecule has 0 nitrogen and oxygen atoms in total. The summed E-state index contributed by atoms with van der Waals surface area (Å²) in [4.78, 5) is 0. The molecule has 0 N–H and O–H groups in total. The van der Waals surface area contributed by atoms with Crippen LogP contribution in [-0.4, -0.2) is 0 Å². The van der Waals surface area contributed by atoms with E-state index in [1.54, 1.807) is 0 Å². The minimum Gasteiger partial charge on any atom is -0.0842 e. The van der Waals surface area contributed by atoms with E-state index in [4.69, 9.17) is 0 Å². The number of benzene rings is 2. The Bertz CT molecular complexity index is 492. The van der Waals surface area contributed by atoms with Crippen LogP contribution in [0.4, 0.5) is 0 Å². The highest BCUT2D eigenvalue weighted by atomic mass is 14.0. The Hall–Kier alpha value is -1.56. The second kappa shape index (κ2) is 4.31. The monoisotopic (exact) mass is 196 g/mol. The van der Waals surface area contributed by atoms with Crippen LogP contribution in [0.5, 0.6) is 0 Å². The first-order valence-electron chi connectivity index (χ1n) is 5.48. The van der Waals surface area contributed by atoms with Crippen molar-refractivity contribution < 1.29 is 0 Å². The van der Waals surface area contributed by atoms with Crippen molar-refractivity contribution in [3.63, 3.8) is 0 Å². The maximum absolute atomic E-state index is 2.23. The van der Waals surface area contributed by atoms with Crippen molar-refractivity contribution in [3.05, 3.63) is 53.6 Å². The van der Waals surface area contributed by atoms with Gasteiger partial charge in [-0.15, -0.1) is 0 Å². The average Bonchev–Trinajstić information content (AvgIpc) is 2.28. The van der Waals surface area contributed by atoms with Gasteiger partial charge in [-0.05, 0) is 35.2 Å². The Morgan fingerprint density at radius 1 is 1.07 bits per heavy atom. The van der Waals surface area contributed by atoms with Gasteiger partial charge in [-0.3, -0.25) is 0 Å². The number of rotatable bonds is 2. The fourth-order valence-corrected chi connectivity index (χ4v) is 1.86. The van der Waals surface area contributed by atoms with Crippen LogP contribution in [0.1, 0.15) is 24.5 Å². The highest BCUT2D eigenvalue weighted by Crippen LogP contribution is 2.23. The molecule has 0 radical (unpaired) electrons. The van der Waals surface area contributed by atoms with Gasteiger partial charge >= 0.3 is 0 Å². The van der Waals surface area contributed by atoms with Gasteiger partial charge < -0.3 is 0 Å². The predicted octanol–water partition coefficient (Wildman–Crippen LogP) is 4.57.